The van der Waals surface area contributed by atoms with Crippen LogP contribution in [0.15, 0.2) is 65.8 Å². The maximum atomic E-state index is 12.4. The molecule has 1 aliphatic rings. The molecule has 3 aromatic rings. The van der Waals surface area contributed by atoms with Crippen molar-refractivity contribution in [3.63, 3.8) is 0 Å². The van der Waals surface area contributed by atoms with Crippen molar-refractivity contribution in [1.82, 2.24) is 5.43 Å². The average Bonchev–Trinajstić information content (AvgIpc) is 3.15. The zero-order valence-corrected chi connectivity index (χ0v) is 18.9. The molecule has 7 heteroatoms. The third kappa shape index (κ3) is 4.29. The van der Waals surface area contributed by atoms with Crippen LogP contribution in [0, 0.1) is 0 Å². The Bertz CT molecular complexity index is 1090. The van der Waals surface area contributed by atoms with E-state index < -0.39 is 0 Å². The second-order valence-electron chi connectivity index (χ2n) is 7.12. The Hall–Kier alpha value is -3.45. The summed E-state index contributed by atoms with van der Waals surface area (Å²) in [5, 5.41) is 4.22. The van der Waals surface area contributed by atoms with Crippen LogP contribution >= 0.6 is 11.8 Å². The van der Waals surface area contributed by atoms with Crippen LogP contribution in [0.1, 0.15) is 21.9 Å². The molecule has 0 radical (unpaired) electrons. The molecule has 0 saturated carbocycles. The summed E-state index contributed by atoms with van der Waals surface area (Å²) in [5.74, 6) is 1.67. The van der Waals surface area contributed by atoms with Gasteiger partial charge in [-0.1, -0.05) is 48.5 Å². The first-order valence-electron chi connectivity index (χ1n) is 10.1. The SMILES string of the molecule is COc1cc(C=NNC(=O)CSC2c3ccccc3-c3ccccc32)cc(OC)c1OC. The number of thioether (sulfide) groups is 1. The Balaban J connectivity index is 1.41. The molecule has 1 amide bonds. The third-order valence-corrected chi connectivity index (χ3v) is 6.52. The van der Waals surface area contributed by atoms with Crippen LogP contribution < -0.4 is 19.6 Å². The minimum absolute atomic E-state index is 0.132. The topological polar surface area (TPSA) is 69.2 Å². The maximum absolute atomic E-state index is 12.4. The fourth-order valence-electron chi connectivity index (χ4n) is 3.83. The van der Waals surface area contributed by atoms with Crippen molar-refractivity contribution in [2.24, 2.45) is 5.10 Å². The Morgan fingerprint density at radius 3 is 2.03 bits per heavy atom. The summed E-state index contributed by atoms with van der Waals surface area (Å²) in [7, 11) is 4.65. The summed E-state index contributed by atoms with van der Waals surface area (Å²) in [4.78, 5) is 12.4. The Kier molecular flexibility index (Phi) is 6.66. The molecule has 0 aromatic heterocycles. The Morgan fingerprint density at radius 1 is 0.938 bits per heavy atom. The zero-order chi connectivity index (χ0) is 22.5. The lowest BCUT2D eigenvalue weighted by Crippen LogP contribution is -2.20. The van der Waals surface area contributed by atoms with Crippen LogP contribution in [-0.4, -0.2) is 39.2 Å². The number of hydrogen-bond donors (Lipinski definition) is 1. The van der Waals surface area contributed by atoms with Gasteiger partial charge < -0.3 is 14.2 Å². The normalized spacial score (nSPS) is 12.3. The number of ether oxygens (including phenoxy) is 3. The first kappa shape index (κ1) is 21.8. The van der Waals surface area contributed by atoms with Gasteiger partial charge in [-0.15, -0.1) is 11.8 Å². The van der Waals surface area contributed by atoms with E-state index >= 15 is 0 Å². The summed E-state index contributed by atoms with van der Waals surface area (Å²) in [6.45, 7) is 0. The molecule has 0 saturated heterocycles. The molecule has 1 aliphatic carbocycles. The number of carbonyl (C=O) groups excluding carboxylic acids is 1. The Morgan fingerprint density at radius 2 is 1.50 bits per heavy atom. The number of hydrazone groups is 1. The second kappa shape index (κ2) is 9.78. The van der Waals surface area contributed by atoms with Crippen LogP contribution in [0.4, 0.5) is 0 Å². The molecular formula is C25H24N2O4S. The molecule has 0 bridgehead atoms. The highest BCUT2D eigenvalue weighted by atomic mass is 32.2. The van der Waals surface area contributed by atoms with Gasteiger partial charge in [-0.3, -0.25) is 4.79 Å². The fourth-order valence-corrected chi connectivity index (χ4v) is 4.99. The molecule has 4 rings (SSSR count). The molecule has 164 valence electrons. The summed E-state index contributed by atoms with van der Waals surface area (Å²) in [6.07, 6.45) is 1.55. The van der Waals surface area contributed by atoms with Crippen LogP contribution in [-0.2, 0) is 4.79 Å². The third-order valence-electron chi connectivity index (χ3n) is 5.25. The minimum atomic E-state index is -0.166. The van der Waals surface area contributed by atoms with E-state index in [1.165, 1.54) is 22.3 Å². The van der Waals surface area contributed by atoms with E-state index in [-0.39, 0.29) is 11.2 Å². The van der Waals surface area contributed by atoms with E-state index in [2.05, 4.69) is 34.8 Å². The van der Waals surface area contributed by atoms with Gasteiger partial charge in [0.05, 0.1) is 38.5 Å². The van der Waals surface area contributed by atoms with Crippen LogP contribution in [0.5, 0.6) is 17.2 Å². The molecule has 0 atom stereocenters. The number of fused-ring (bicyclic) bond motifs is 3. The van der Waals surface area contributed by atoms with Crippen molar-refractivity contribution >= 4 is 23.9 Å². The first-order chi connectivity index (χ1) is 15.7. The van der Waals surface area contributed by atoms with Gasteiger partial charge >= 0.3 is 0 Å². The lowest BCUT2D eigenvalue weighted by atomic mass is 10.1. The van der Waals surface area contributed by atoms with Gasteiger partial charge in [0.2, 0.25) is 11.7 Å². The van der Waals surface area contributed by atoms with Gasteiger partial charge in [-0.25, -0.2) is 5.43 Å². The van der Waals surface area contributed by atoms with Crippen molar-refractivity contribution in [3.05, 3.63) is 77.4 Å². The van der Waals surface area contributed by atoms with Crippen molar-refractivity contribution in [2.45, 2.75) is 5.25 Å². The largest absolute Gasteiger partial charge is 0.493 e. The minimum Gasteiger partial charge on any atom is -0.493 e. The fraction of sp³-hybridized carbons (Fsp3) is 0.200. The van der Waals surface area contributed by atoms with E-state index in [0.717, 1.165) is 0 Å². The molecule has 0 aliphatic heterocycles. The lowest BCUT2D eigenvalue weighted by molar-refractivity contribution is -0.118. The number of nitrogens with zero attached hydrogens (tertiary/aromatic N) is 1. The summed E-state index contributed by atoms with van der Waals surface area (Å²) < 4.78 is 16.0. The number of methoxy groups -OCH3 is 3. The number of rotatable bonds is 8. The number of nitrogens with one attached hydrogen (secondary N) is 1. The lowest BCUT2D eigenvalue weighted by Gasteiger charge is -2.13. The van der Waals surface area contributed by atoms with Gasteiger partial charge in [-0.2, -0.15) is 5.10 Å². The van der Waals surface area contributed by atoms with Crippen LogP contribution in [0.3, 0.4) is 0 Å². The highest BCUT2D eigenvalue weighted by Gasteiger charge is 2.28. The van der Waals surface area contributed by atoms with Gasteiger partial charge in [0, 0.05) is 5.56 Å². The molecule has 0 fully saturated rings. The second-order valence-corrected chi connectivity index (χ2v) is 8.21. The monoisotopic (exact) mass is 448 g/mol. The van der Waals surface area contributed by atoms with Gasteiger partial charge in [0.25, 0.3) is 0 Å². The first-order valence-corrected chi connectivity index (χ1v) is 11.1. The Labute approximate surface area is 191 Å². The standard InChI is InChI=1S/C25H24N2O4S/c1-29-21-12-16(13-22(30-2)24(21)31-3)14-26-27-23(28)15-32-25-19-10-6-4-8-17(19)18-9-5-7-11-20(18)25/h4-14,25H,15H2,1-3H3,(H,27,28). The van der Waals surface area contributed by atoms with Crippen molar-refractivity contribution in [3.8, 4) is 28.4 Å². The van der Waals surface area contributed by atoms with E-state index in [1.54, 1.807) is 51.4 Å². The van der Waals surface area contributed by atoms with Gasteiger partial charge in [-0.05, 0) is 34.4 Å². The predicted molar refractivity (Wildman–Crippen MR) is 128 cm³/mol. The number of hydrogen-bond acceptors (Lipinski definition) is 6. The molecular weight excluding hydrogens is 424 g/mol. The summed E-state index contributed by atoms with van der Waals surface area (Å²) in [6, 6.07) is 20.2. The van der Waals surface area contributed by atoms with Crippen molar-refractivity contribution in [2.75, 3.05) is 27.1 Å². The van der Waals surface area contributed by atoms with Crippen molar-refractivity contribution in [1.29, 1.82) is 0 Å². The molecule has 0 unspecified atom stereocenters. The smallest absolute Gasteiger partial charge is 0.250 e. The summed E-state index contributed by atoms with van der Waals surface area (Å²) in [5.41, 5.74) is 8.28. The predicted octanol–water partition coefficient (Wildman–Crippen LogP) is 4.67. The number of benzene rings is 3. The quantitative estimate of drug-likeness (QED) is 0.401. The number of carbonyl (C=O) groups is 1. The van der Waals surface area contributed by atoms with E-state index in [1.807, 2.05) is 24.3 Å². The zero-order valence-electron chi connectivity index (χ0n) is 18.1. The molecule has 6 nitrogen and oxygen atoms in total. The van der Waals surface area contributed by atoms with E-state index in [9.17, 15) is 4.79 Å². The van der Waals surface area contributed by atoms with Gasteiger partial charge in [0.1, 0.15) is 0 Å². The molecule has 0 heterocycles. The van der Waals surface area contributed by atoms with E-state index in [4.69, 9.17) is 14.2 Å². The van der Waals surface area contributed by atoms with Crippen LogP contribution in [0.2, 0.25) is 0 Å². The van der Waals surface area contributed by atoms with Crippen molar-refractivity contribution < 1.29 is 19.0 Å². The van der Waals surface area contributed by atoms with E-state index in [0.29, 0.717) is 28.6 Å². The highest BCUT2D eigenvalue weighted by Crippen LogP contribution is 2.49. The number of amides is 1. The molecule has 32 heavy (non-hydrogen) atoms. The summed E-state index contributed by atoms with van der Waals surface area (Å²) >= 11 is 1.60. The highest BCUT2D eigenvalue weighted by molar-refractivity contribution is 8.00. The molecule has 1 N–H and O–H groups in total. The van der Waals surface area contributed by atoms with Crippen LogP contribution in [0.25, 0.3) is 11.1 Å². The maximum Gasteiger partial charge on any atom is 0.250 e. The van der Waals surface area contributed by atoms with Gasteiger partial charge in [0.15, 0.2) is 11.5 Å². The molecule has 0 spiro atoms. The molecule has 3 aromatic carbocycles. The average molecular weight is 449 g/mol.